The van der Waals surface area contributed by atoms with Gasteiger partial charge in [-0.2, -0.15) is 0 Å². The predicted molar refractivity (Wildman–Crippen MR) is 79.9 cm³/mol. The van der Waals surface area contributed by atoms with Crippen LogP contribution < -0.4 is 5.73 Å². The maximum absolute atomic E-state index is 6.03. The van der Waals surface area contributed by atoms with Crippen molar-refractivity contribution < 1.29 is 0 Å². The Hall–Kier alpha value is -1.42. The van der Waals surface area contributed by atoms with Gasteiger partial charge in [0.2, 0.25) is 0 Å². The first-order chi connectivity index (χ1) is 8.37. The normalized spacial score (nSPS) is 13.0. The molecule has 0 saturated carbocycles. The van der Waals surface area contributed by atoms with Gasteiger partial charge in [0.05, 0.1) is 11.1 Å². The molecule has 0 amide bonds. The average molecular weight is 306 g/mol. The van der Waals surface area contributed by atoms with Gasteiger partial charge in [-0.25, -0.2) is 4.98 Å². The van der Waals surface area contributed by atoms with Gasteiger partial charge in [-0.1, -0.05) is 18.2 Å². The molecule has 0 radical (unpaired) electrons. The lowest BCUT2D eigenvalue weighted by Crippen LogP contribution is -2.22. The minimum absolute atomic E-state index is 0.211. The van der Waals surface area contributed by atoms with Crippen molar-refractivity contribution in [2.24, 2.45) is 10.7 Å². The fourth-order valence-electron chi connectivity index (χ4n) is 1.68. The number of hydrogen-bond donors (Lipinski definition) is 1. The van der Waals surface area contributed by atoms with Crippen molar-refractivity contribution in [1.82, 2.24) is 4.98 Å². The van der Waals surface area contributed by atoms with E-state index in [1.54, 1.807) is 0 Å². The van der Waals surface area contributed by atoms with Crippen molar-refractivity contribution in [3.8, 4) is 0 Å². The molecule has 18 heavy (non-hydrogen) atoms. The summed E-state index contributed by atoms with van der Waals surface area (Å²) in [6.07, 6.45) is 0. The third-order valence-corrected chi connectivity index (χ3v) is 2.98. The van der Waals surface area contributed by atoms with Gasteiger partial charge < -0.3 is 5.73 Å². The second-order valence-corrected chi connectivity index (χ2v) is 6.03. The van der Waals surface area contributed by atoms with Crippen molar-refractivity contribution in [2.45, 2.75) is 26.3 Å². The number of halogens is 1. The van der Waals surface area contributed by atoms with E-state index in [-0.39, 0.29) is 5.54 Å². The summed E-state index contributed by atoms with van der Waals surface area (Å²) in [6, 6.07) is 9.96. The van der Waals surface area contributed by atoms with Crippen LogP contribution in [0.1, 0.15) is 26.5 Å². The van der Waals surface area contributed by atoms with E-state index in [2.05, 4.69) is 25.9 Å². The first-order valence-corrected chi connectivity index (χ1v) is 6.57. The van der Waals surface area contributed by atoms with Gasteiger partial charge in [0.25, 0.3) is 0 Å². The average Bonchev–Trinajstić information content (AvgIpc) is 2.25. The SMILES string of the molecule is CC(C)(C)N=C(N)c1nc2ccccc2cc1Br. The van der Waals surface area contributed by atoms with Crippen molar-refractivity contribution >= 4 is 32.7 Å². The monoisotopic (exact) mass is 305 g/mol. The molecular weight excluding hydrogens is 290 g/mol. The van der Waals surface area contributed by atoms with Gasteiger partial charge in [0.1, 0.15) is 11.5 Å². The van der Waals surface area contributed by atoms with Crippen LogP contribution in [0.4, 0.5) is 0 Å². The van der Waals surface area contributed by atoms with Gasteiger partial charge in [0, 0.05) is 9.86 Å². The van der Waals surface area contributed by atoms with Crippen LogP contribution in [-0.2, 0) is 0 Å². The summed E-state index contributed by atoms with van der Waals surface area (Å²) in [5.74, 6) is 0.458. The molecule has 0 unspecified atom stereocenters. The Morgan fingerprint density at radius 2 is 1.94 bits per heavy atom. The molecule has 0 spiro atoms. The van der Waals surface area contributed by atoms with Crippen molar-refractivity contribution in [3.05, 3.63) is 40.5 Å². The summed E-state index contributed by atoms with van der Waals surface area (Å²) in [6.45, 7) is 6.03. The molecule has 0 aliphatic rings. The Kier molecular flexibility index (Phi) is 3.39. The van der Waals surface area contributed by atoms with Crippen LogP contribution in [0, 0.1) is 0 Å². The van der Waals surface area contributed by atoms with Crippen molar-refractivity contribution in [3.63, 3.8) is 0 Å². The summed E-state index contributed by atoms with van der Waals surface area (Å²) >= 11 is 3.50. The van der Waals surface area contributed by atoms with Crippen LogP contribution in [0.15, 0.2) is 39.8 Å². The molecule has 1 heterocycles. The number of pyridine rings is 1. The zero-order chi connectivity index (χ0) is 13.3. The van der Waals surface area contributed by atoms with Gasteiger partial charge in [-0.05, 0) is 48.8 Å². The van der Waals surface area contributed by atoms with E-state index in [0.29, 0.717) is 11.5 Å². The number of aliphatic imine (C=N–C) groups is 1. The second-order valence-electron chi connectivity index (χ2n) is 5.18. The van der Waals surface area contributed by atoms with Gasteiger partial charge in [-0.3, -0.25) is 4.99 Å². The van der Waals surface area contributed by atoms with Gasteiger partial charge in [0.15, 0.2) is 0 Å². The summed E-state index contributed by atoms with van der Waals surface area (Å²) in [4.78, 5) is 9.01. The molecule has 0 bridgehead atoms. The lowest BCUT2D eigenvalue weighted by molar-refractivity contribution is 0.583. The van der Waals surface area contributed by atoms with E-state index < -0.39 is 0 Å². The maximum Gasteiger partial charge on any atom is 0.146 e. The minimum Gasteiger partial charge on any atom is -0.382 e. The van der Waals surface area contributed by atoms with Crippen molar-refractivity contribution in [2.75, 3.05) is 0 Å². The molecule has 2 N–H and O–H groups in total. The Labute approximate surface area is 115 Å². The number of nitrogens with two attached hydrogens (primary N) is 1. The molecule has 2 aromatic rings. The summed E-state index contributed by atoms with van der Waals surface area (Å²) < 4.78 is 0.867. The van der Waals surface area contributed by atoms with E-state index in [1.807, 2.05) is 51.1 Å². The number of fused-ring (bicyclic) bond motifs is 1. The number of benzene rings is 1. The number of amidine groups is 1. The standard InChI is InChI=1S/C14H16BrN3/c1-14(2,3)18-13(16)12-10(15)8-9-6-4-5-7-11(9)17-12/h4-8H,1-3H3,(H2,16,18). The van der Waals surface area contributed by atoms with E-state index in [9.17, 15) is 0 Å². The molecule has 1 aromatic heterocycles. The highest BCUT2D eigenvalue weighted by atomic mass is 79.9. The molecule has 0 atom stereocenters. The van der Waals surface area contributed by atoms with Crippen molar-refractivity contribution in [1.29, 1.82) is 0 Å². The Balaban J connectivity index is 2.58. The van der Waals surface area contributed by atoms with Crippen LogP contribution in [0.3, 0.4) is 0 Å². The third kappa shape index (κ3) is 2.88. The van der Waals surface area contributed by atoms with Crippen LogP contribution in [0.25, 0.3) is 10.9 Å². The molecule has 0 aliphatic heterocycles. The number of rotatable bonds is 1. The Morgan fingerprint density at radius 1 is 1.28 bits per heavy atom. The lowest BCUT2D eigenvalue weighted by atomic mass is 10.1. The zero-order valence-corrected chi connectivity index (χ0v) is 12.3. The minimum atomic E-state index is -0.211. The predicted octanol–water partition coefficient (Wildman–Crippen LogP) is 3.50. The lowest BCUT2D eigenvalue weighted by Gasteiger charge is -2.14. The van der Waals surface area contributed by atoms with E-state index in [1.165, 1.54) is 0 Å². The summed E-state index contributed by atoms with van der Waals surface area (Å²) in [7, 11) is 0. The van der Waals surface area contributed by atoms with Crippen LogP contribution >= 0.6 is 15.9 Å². The topological polar surface area (TPSA) is 51.3 Å². The van der Waals surface area contributed by atoms with Gasteiger partial charge >= 0.3 is 0 Å². The molecule has 1 aromatic carbocycles. The maximum atomic E-state index is 6.03. The van der Waals surface area contributed by atoms with Gasteiger partial charge in [-0.15, -0.1) is 0 Å². The summed E-state index contributed by atoms with van der Waals surface area (Å²) in [5.41, 5.74) is 7.44. The van der Waals surface area contributed by atoms with E-state index in [4.69, 9.17) is 5.73 Å². The molecular formula is C14H16BrN3. The molecule has 94 valence electrons. The first kappa shape index (κ1) is 13.0. The largest absolute Gasteiger partial charge is 0.382 e. The summed E-state index contributed by atoms with van der Waals surface area (Å²) in [5, 5.41) is 1.08. The van der Waals surface area contributed by atoms with Crippen LogP contribution in [0.2, 0.25) is 0 Å². The highest BCUT2D eigenvalue weighted by Gasteiger charge is 2.13. The molecule has 2 rings (SSSR count). The fraction of sp³-hybridized carbons (Fsp3) is 0.286. The molecule has 0 fully saturated rings. The molecule has 0 saturated heterocycles. The number of para-hydroxylation sites is 1. The number of hydrogen-bond acceptors (Lipinski definition) is 2. The molecule has 4 heteroatoms. The highest BCUT2D eigenvalue weighted by Crippen LogP contribution is 2.22. The third-order valence-electron chi connectivity index (χ3n) is 2.38. The van der Waals surface area contributed by atoms with Crippen LogP contribution in [-0.4, -0.2) is 16.4 Å². The van der Waals surface area contributed by atoms with Crippen LogP contribution in [0.5, 0.6) is 0 Å². The number of aromatic nitrogens is 1. The quantitative estimate of drug-likeness (QED) is 0.647. The Bertz CT molecular complexity index is 612. The highest BCUT2D eigenvalue weighted by molar-refractivity contribution is 9.10. The first-order valence-electron chi connectivity index (χ1n) is 5.78. The molecule has 0 aliphatic carbocycles. The molecule has 3 nitrogen and oxygen atoms in total. The smallest absolute Gasteiger partial charge is 0.146 e. The second kappa shape index (κ2) is 4.69. The number of nitrogens with zero attached hydrogens (tertiary/aromatic N) is 2. The Morgan fingerprint density at radius 3 is 2.61 bits per heavy atom. The fourth-order valence-corrected chi connectivity index (χ4v) is 2.22. The van der Waals surface area contributed by atoms with E-state index >= 15 is 0 Å². The zero-order valence-electron chi connectivity index (χ0n) is 10.7. The van der Waals surface area contributed by atoms with E-state index in [0.717, 1.165) is 15.4 Å².